The van der Waals surface area contributed by atoms with Crippen LogP contribution in [0.4, 0.5) is 4.39 Å². The minimum absolute atomic E-state index is 0.121. The van der Waals surface area contributed by atoms with E-state index in [0.717, 1.165) is 12.8 Å². The predicted molar refractivity (Wildman–Crippen MR) is 87.6 cm³/mol. The lowest BCUT2D eigenvalue weighted by Crippen LogP contribution is -2.52. The van der Waals surface area contributed by atoms with Crippen LogP contribution in [-0.2, 0) is 19.5 Å². The molecule has 3 rings (SSSR count). The molecule has 24 heavy (non-hydrogen) atoms. The maximum atomic E-state index is 13.1. The van der Waals surface area contributed by atoms with Crippen molar-refractivity contribution in [2.75, 3.05) is 26.4 Å². The summed E-state index contributed by atoms with van der Waals surface area (Å²) in [5.74, 6) is -0.268. The van der Waals surface area contributed by atoms with Gasteiger partial charge in [0.1, 0.15) is 5.82 Å². The third kappa shape index (κ3) is 3.39. The van der Waals surface area contributed by atoms with Crippen molar-refractivity contribution in [2.45, 2.75) is 29.9 Å². The zero-order chi connectivity index (χ0) is 17.2. The first-order valence-electron chi connectivity index (χ1n) is 8.11. The monoisotopic (exact) mass is 355 g/mol. The molecule has 0 spiro atoms. The first kappa shape index (κ1) is 17.5. The molecule has 3 atom stereocenters. The molecule has 0 N–H and O–H groups in total. The maximum Gasteiger partial charge on any atom is 0.243 e. The number of halogens is 1. The van der Waals surface area contributed by atoms with E-state index in [1.807, 2.05) is 0 Å². The van der Waals surface area contributed by atoms with Gasteiger partial charge in [0.25, 0.3) is 0 Å². The van der Waals surface area contributed by atoms with Gasteiger partial charge in [-0.15, -0.1) is 6.58 Å². The Hall–Kier alpha value is -1.28. The van der Waals surface area contributed by atoms with Gasteiger partial charge >= 0.3 is 0 Å². The van der Waals surface area contributed by atoms with Gasteiger partial charge in [-0.2, -0.15) is 4.31 Å². The number of nitrogens with zero attached hydrogens (tertiary/aromatic N) is 1. The molecule has 1 saturated heterocycles. The quantitative estimate of drug-likeness (QED) is 0.580. The van der Waals surface area contributed by atoms with Crippen LogP contribution in [0.15, 0.2) is 41.8 Å². The van der Waals surface area contributed by atoms with Crippen molar-refractivity contribution in [3.05, 3.63) is 42.7 Å². The average molecular weight is 355 g/mol. The van der Waals surface area contributed by atoms with Gasteiger partial charge in [-0.25, -0.2) is 12.8 Å². The number of hydrogen-bond acceptors (Lipinski definition) is 4. The first-order chi connectivity index (χ1) is 11.5. The molecule has 5 nitrogen and oxygen atoms in total. The third-order valence-electron chi connectivity index (χ3n) is 4.66. The van der Waals surface area contributed by atoms with Crippen LogP contribution in [0.5, 0.6) is 0 Å². The molecule has 1 aliphatic heterocycles. The Morgan fingerprint density at radius 3 is 2.79 bits per heavy atom. The zero-order valence-corrected chi connectivity index (χ0v) is 14.3. The largest absolute Gasteiger partial charge is 0.377 e. The van der Waals surface area contributed by atoms with Crippen molar-refractivity contribution < 1.29 is 22.3 Å². The summed E-state index contributed by atoms with van der Waals surface area (Å²) in [5.41, 5.74) is 0. The second-order valence-electron chi connectivity index (χ2n) is 6.14. The molecule has 0 unspecified atom stereocenters. The number of ether oxygens (including phenoxy) is 2. The molecular formula is C17H22FNO4S. The molecule has 0 radical (unpaired) electrons. The van der Waals surface area contributed by atoms with Gasteiger partial charge in [-0.3, -0.25) is 0 Å². The van der Waals surface area contributed by atoms with Crippen LogP contribution in [-0.4, -0.2) is 51.2 Å². The summed E-state index contributed by atoms with van der Waals surface area (Å²) in [6.45, 7) is 5.32. The highest BCUT2D eigenvalue weighted by atomic mass is 32.2. The fraction of sp³-hybridized carbons (Fsp3) is 0.529. The summed E-state index contributed by atoms with van der Waals surface area (Å²) in [5, 5.41) is 0. The Kier molecular flexibility index (Phi) is 5.34. The van der Waals surface area contributed by atoms with Gasteiger partial charge < -0.3 is 9.47 Å². The highest BCUT2D eigenvalue weighted by Crippen LogP contribution is 2.37. The van der Waals surface area contributed by atoms with Crippen LogP contribution in [0, 0.1) is 11.7 Å². The normalized spacial score (nSPS) is 27.8. The van der Waals surface area contributed by atoms with E-state index in [1.54, 1.807) is 6.08 Å². The van der Waals surface area contributed by atoms with Crippen molar-refractivity contribution >= 4 is 10.0 Å². The lowest BCUT2D eigenvalue weighted by Gasteiger charge is -2.38. The standard InChI is InChI=1S/C17H22FNO4S/c1-2-10-22-12-13-3-8-16-17(13)23-11-9-19(16)24(20,21)15-6-4-14(18)5-7-15/h2,4-7,13,16-17H,1,3,8-12H2/t13-,16-,17-/m0/s1. The summed E-state index contributed by atoms with van der Waals surface area (Å²) in [7, 11) is -3.65. The highest BCUT2D eigenvalue weighted by molar-refractivity contribution is 7.89. The van der Waals surface area contributed by atoms with Crippen LogP contribution in [0.1, 0.15) is 12.8 Å². The molecule has 1 saturated carbocycles. The van der Waals surface area contributed by atoms with Crippen LogP contribution < -0.4 is 0 Å². The van der Waals surface area contributed by atoms with E-state index in [9.17, 15) is 12.8 Å². The molecule has 0 bridgehead atoms. The Morgan fingerprint density at radius 1 is 1.33 bits per heavy atom. The molecule has 2 aliphatic rings. The Bertz CT molecular complexity index is 676. The van der Waals surface area contributed by atoms with E-state index in [-0.39, 0.29) is 23.0 Å². The van der Waals surface area contributed by atoms with Crippen LogP contribution in [0.3, 0.4) is 0 Å². The van der Waals surface area contributed by atoms with Crippen molar-refractivity contribution in [2.24, 2.45) is 5.92 Å². The number of sulfonamides is 1. The minimum Gasteiger partial charge on any atom is -0.377 e. The van der Waals surface area contributed by atoms with E-state index in [0.29, 0.717) is 26.4 Å². The Labute approximate surface area is 142 Å². The van der Waals surface area contributed by atoms with Gasteiger partial charge in [0.05, 0.1) is 36.9 Å². The number of morpholine rings is 1. The molecular weight excluding hydrogens is 333 g/mol. The first-order valence-corrected chi connectivity index (χ1v) is 9.55. The van der Waals surface area contributed by atoms with Gasteiger partial charge in [0, 0.05) is 12.5 Å². The van der Waals surface area contributed by atoms with Gasteiger partial charge in [0.15, 0.2) is 0 Å². The SMILES string of the molecule is C=CCOC[C@@H]1CC[C@H]2[C@H]1OCCN2S(=O)(=O)c1ccc(F)cc1. The lowest BCUT2D eigenvalue weighted by atomic mass is 10.1. The van der Waals surface area contributed by atoms with Crippen molar-refractivity contribution in [1.82, 2.24) is 4.31 Å². The molecule has 1 aromatic carbocycles. The van der Waals surface area contributed by atoms with E-state index < -0.39 is 15.8 Å². The van der Waals surface area contributed by atoms with Crippen LogP contribution in [0.2, 0.25) is 0 Å². The number of hydrogen-bond donors (Lipinski definition) is 0. The van der Waals surface area contributed by atoms with Crippen molar-refractivity contribution in [3.8, 4) is 0 Å². The Morgan fingerprint density at radius 2 is 2.08 bits per heavy atom. The van der Waals surface area contributed by atoms with E-state index >= 15 is 0 Å². The maximum absolute atomic E-state index is 13.1. The van der Waals surface area contributed by atoms with Crippen LogP contribution in [0.25, 0.3) is 0 Å². The average Bonchev–Trinajstić information content (AvgIpc) is 2.99. The summed E-state index contributed by atoms with van der Waals surface area (Å²) >= 11 is 0. The van der Waals surface area contributed by atoms with Crippen LogP contribution >= 0.6 is 0 Å². The summed E-state index contributed by atoms with van der Waals surface area (Å²) in [4.78, 5) is 0.121. The Balaban J connectivity index is 1.77. The number of fused-ring (bicyclic) bond motifs is 1. The summed E-state index contributed by atoms with van der Waals surface area (Å²) < 4.78 is 51.8. The predicted octanol–water partition coefficient (Wildman–Crippen LogP) is 2.20. The van der Waals surface area contributed by atoms with E-state index in [2.05, 4.69) is 6.58 Å². The lowest BCUT2D eigenvalue weighted by molar-refractivity contribution is -0.0605. The number of benzene rings is 1. The second kappa shape index (κ2) is 7.31. The third-order valence-corrected chi connectivity index (χ3v) is 6.60. The topological polar surface area (TPSA) is 55.8 Å². The van der Waals surface area contributed by atoms with Crippen molar-refractivity contribution in [3.63, 3.8) is 0 Å². The fourth-order valence-electron chi connectivity index (χ4n) is 3.55. The van der Waals surface area contributed by atoms with E-state index in [1.165, 1.54) is 28.6 Å². The summed E-state index contributed by atoms with van der Waals surface area (Å²) in [6, 6.07) is 4.78. The smallest absolute Gasteiger partial charge is 0.243 e. The van der Waals surface area contributed by atoms with E-state index in [4.69, 9.17) is 9.47 Å². The second-order valence-corrected chi connectivity index (χ2v) is 8.03. The fourth-order valence-corrected chi connectivity index (χ4v) is 5.20. The number of rotatable bonds is 6. The summed E-state index contributed by atoms with van der Waals surface area (Å²) in [6.07, 6.45) is 3.15. The van der Waals surface area contributed by atoms with Gasteiger partial charge in [-0.1, -0.05) is 6.08 Å². The molecule has 0 aromatic heterocycles. The molecule has 2 fully saturated rings. The highest BCUT2D eigenvalue weighted by Gasteiger charge is 2.46. The molecule has 1 aliphatic carbocycles. The molecule has 132 valence electrons. The molecule has 1 aromatic rings. The van der Waals surface area contributed by atoms with Crippen molar-refractivity contribution in [1.29, 1.82) is 0 Å². The molecule has 0 amide bonds. The molecule has 7 heteroatoms. The zero-order valence-electron chi connectivity index (χ0n) is 13.4. The molecule has 1 heterocycles. The van der Waals surface area contributed by atoms with Gasteiger partial charge in [-0.05, 0) is 37.1 Å². The van der Waals surface area contributed by atoms with Gasteiger partial charge in [0.2, 0.25) is 10.0 Å². The minimum atomic E-state index is -3.65.